The average Bonchev–Trinajstić information content (AvgIpc) is 3.23. The molecule has 0 unspecified atom stereocenters. The van der Waals surface area contributed by atoms with E-state index in [1.165, 1.54) is 6.07 Å². The number of halogens is 2. The predicted octanol–water partition coefficient (Wildman–Crippen LogP) is 6.03. The molecule has 1 N–H and O–H groups in total. The summed E-state index contributed by atoms with van der Waals surface area (Å²) in [4.78, 5) is 8.97. The van der Waals surface area contributed by atoms with Crippen molar-refractivity contribution in [3.8, 4) is 11.1 Å². The first-order valence-corrected chi connectivity index (χ1v) is 13.7. The maximum absolute atomic E-state index is 14.8. The molecule has 0 saturated carbocycles. The Hall–Kier alpha value is -3.30. The summed E-state index contributed by atoms with van der Waals surface area (Å²) in [6, 6.07) is 10.2. The van der Waals surface area contributed by atoms with E-state index in [2.05, 4.69) is 20.4 Å². The molecule has 2 aromatic carbocycles. The highest BCUT2D eigenvalue weighted by molar-refractivity contribution is 7.91. The molecule has 0 spiro atoms. The number of anilines is 2. The number of nitrogens with one attached hydrogen (secondary N) is 1. The minimum Gasteiger partial charge on any atom is -0.324 e. The Labute approximate surface area is 221 Å². The van der Waals surface area contributed by atoms with Gasteiger partial charge in [0.2, 0.25) is 5.95 Å². The van der Waals surface area contributed by atoms with Crippen molar-refractivity contribution in [3.63, 3.8) is 0 Å². The highest BCUT2D eigenvalue weighted by Crippen LogP contribution is 2.28. The Morgan fingerprint density at radius 2 is 1.86 bits per heavy atom. The summed E-state index contributed by atoms with van der Waals surface area (Å²) in [5.74, 6) is -0.192. The number of hydrogen-bond donors (Lipinski definition) is 1. The standard InChI is InChI=1S/C27H29ClFN5O2S/c1-17-13-30-26(32-21-7-8-22(24(29)12-21)20-14-31-34(5)15-20)33-25(17)11-18-6-9-23(28)19(10-18)16-37(35,36)27(2,3)4/h6-10,12-15H,11,16H2,1-5H3,(H,30,32,33). The van der Waals surface area contributed by atoms with Crippen LogP contribution in [0.1, 0.15) is 43.2 Å². The van der Waals surface area contributed by atoms with E-state index in [-0.39, 0.29) is 11.6 Å². The van der Waals surface area contributed by atoms with Crippen LogP contribution in [-0.2, 0) is 29.1 Å². The average molecular weight is 542 g/mol. The Balaban J connectivity index is 1.55. The summed E-state index contributed by atoms with van der Waals surface area (Å²) in [7, 11) is -1.61. The first kappa shape index (κ1) is 26.8. The minimum absolute atomic E-state index is 0.140. The summed E-state index contributed by atoms with van der Waals surface area (Å²) in [5.41, 5.74) is 4.74. The number of rotatable bonds is 7. The SMILES string of the molecule is Cc1cnc(Nc2ccc(-c3cnn(C)c3)c(F)c2)nc1Cc1ccc(Cl)c(CS(=O)(=O)C(C)(C)C)c1. The highest BCUT2D eigenvalue weighted by Gasteiger charge is 2.29. The number of nitrogens with zero attached hydrogens (tertiary/aromatic N) is 4. The molecule has 4 aromatic rings. The summed E-state index contributed by atoms with van der Waals surface area (Å²) in [6.07, 6.45) is 5.52. The summed E-state index contributed by atoms with van der Waals surface area (Å²) in [6.45, 7) is 6.94. The van der Waals surface area contributed by atoms with Gasteiger partial charge in [0.25, 0.3) is 0 Å². The second-order valence-electron chi connectivity index (χ2n) is 10.0. The van der Waals surface area contributed by atoms with Gasteiger partial charge in [-0.3, -0.25) is 4.68 Å². The van der Waals surface area contributed by atoms with Crippen LogP contribution in [0, 0.1) is 12.7 Å². The third-order valence-corrected chi connectivity index (χ3v) is 9.00. The van der Waals surface area contributed by atoms with Gasteiger partial charge in [-0.2, -0.15) is 5.10 Å². The van der Waals surface area contributed by atoms with Gasteiger partial charge in [0.15, 0.2) is 9.84 Å². The monoisotopic (exact) mass is 541 g/mol. The van der Waals surface area contributed by atoms with Crippen LogP contribution in [0.4, 0.5) is 16.0 Å². The van der Waals surface area contributed by atoms with Gasteiger partial charge in [-0.25, -0.2) is 22.8 Å². The van der Waals surface area contributed by atoms with Crippen molar-refractivity contribution in [1.29, 1.82) is 0 Å². The number of aryl methyl sites for hydroxylation is 2. The fourth-order valence-electron chi connectivity index (χ4n) is 3.70. The van der Waals surface area contributed by atoms with Crippen LogP contribution in [0.15, 0.2) is 55.0 Å². The van der Waals surface area contributed by atoms with Crippen LogP contribution in [0.25, 0.3) is 11.1 Å². The molecular formula is C27H29ClFN5O2S. The van der Waals surface area contributed by atoms with Gasteiger partial charge in [-0.15, -0.1) is 0 Å². The van der Waals surface area contributed by atoms with Crippen molar-refractivity contribution < 1.29 is 12.8 Å². The Morgan fingerprint density at radius 3 is 2.51 bits per heavy atom. The lowest BCUT2D eigenvalue weighted by Crippen LogP contribution is -2.29. The fourth-order valence-corrected chi connectivity index (χ4v) is 5.04. The second kappa shape index (κ2) is 10.2. The molecule has 0 amide bonds. The van der Waals surface area contributed by atoms with Crippen molar-refractivity contribution in [3.05, 3.63) is 88.2 Å². The summed E-state index contributed by atoms with van der Waals surface area (Å²) >= 11 is 6.33. The van der Waals surface area contributed by atoms with Crippen molar-refractivity contribution in [2.24, 2.45) is 7.05 Å². The van der Waals surface area contributed by atoms with Crippen LogP contribution in [0.3, 0.4) is 0 Å². The molecule has 0 radical (unpaired) electrons. The van der Waals surface area contributed by atoms with E-state index in [9.17, 15) is 12.8 Å². The van der Waals surface area contributed by atoms with Gasteiger partial charge < -0.3 is 5.32 Å². The zero-order valence-corrected chi connectivity index (χ0v) is 23.0. The lowest BCUT2D eigenvalue weighted by atomic mass is 10.0. The Morgan fingerprint density at radius 1 is 1.11 bits per heavy atom. The molecule has 0 saturated heterocycles. The van der Waals surface area contributed by atoms with E-state index in [0.29, 0.717) is 39.8 Å². The minimum atomic E-state index is -3.39. The zero-order chi connectivity index (χ0) is 27.0. The zero-order valence-electron chi connectivity index (χ0n) is 21.4. The van der Waals surface area contributed by atoms with Gasteiger partial charge in [0.1, 0.15) is 5.82 Å². The summed E-state index contributed by atoms with van der Waals surface area (Å²) in [5, 5.41) is 7.57. The number of sulfone groups is 1. The number of benzene rings is 2. The van der Waals surface area contributed by atoms with Crippen LogP contribution in [-0.4, -0.2) is 32.9 Å². The molecule has 0 bridgehead atoms. The van der Waals surface area contributed by atoms with E-state index in [0.717, 1.165) is 16.8 Å². The molecular weight excluding hydrogens is 513 g/mol. The van der Waals surface area contributed by atoms with E-state index in [1.807, 2.05) is 19.1 Å². The molecule has 0 atom stereocenters. The highest BCUT2D eigenvalue weighted by atomic mass is 35.5. The van der Waals surface area contributed by atoms with E-state index >= 15 is 0 Å². The first-order chi connectivity index (χ1) is 17.3. The maximum Gasteiger partial charge on any atom is 0.227 e. The third-order valence-electron chi connectivity index (χ3n) is 6.08. The lowest BCUT2D eigenvalue weighted by molar-refractivity contribution is 0.559. The van der Waals surface area contributed by atoms with Gasteiger partial charge in [0, 0.05) is 47.7 Å². The third kappa shape index (κ3) is 6.17. The van der Waals surface area contributed by atoms with Crippen LogP contribution in [0.2, 0.25) is 5.02 Å². The first-order valence-electron chi connectivity index (χ1n) is 11.7. The summed E-state index contributed by atoms with van der Waals surface area (Å²) < 4.78 is 41.0. The normalized spacial score (nSPS) is 12.1. The quantitative estimate of drug-likeness (QED) is 0.307. The van der Waals surface area contributed by atoms with Gasteiger partial charge in [-0.1, -0.05) is 23.7 Å². The molecule has 0 fully saturated rings. The molecule has 10 heteroatoms. The number of aromatic nitrogens is 4. The smallest absolute Gasteiger partial charge is 0.227 e. The van der Waals surface area contributed by atoms with Gasteiger partial charge in [0.05, 0.1) is 22.4 Å². The largest absolute Gasteiger partial charge is 0.324 e. The van der Waals surface area contributed by atoms with Crippen LogP contribution in [0.5, 0.6) is 0 Å². The molecule has 194 valence electrons. The Kier molecular flexibility index (Phi) is 7.39. The van der Waals surface area contributed by atoms with Gasteiger partial charge >= 0.3 is 0 Å². The molecule has 7 nitrogen and oxygen atoms in total. The molecule has 4 rings (SSSR count). The topological polar surface area (TPSA) is 89.8 Å². The molecule has 0 aliphatic heterocycles. The van der Waals surface area contributed by atoms with E-state index in [4.69, 9.17) is 11.6 Å². The molecule has 0 aliphatic rings. The van der Waals surface area contributed by atoms with Crippen molar-refractivity contribution in [2.45, 2.75) is 44.6 Å². The van der Waals surface area contributed by atoms with Crippen molar-refractivity contribution in [2.75, 3.05) is 5.32 Å². The molecule has 2 heterocycles. The second-order valence-corrected chi connectivity index (χ2v) is 13.2. The van der Waals surface area contributed by atoms with Crippen molar-refractivity contribution >= 4 is 33.1 Å². The fraction of sp³-hybridized carbons (Fsp3) is 0.296. The Bertz CT molecular complexity index is 1560. The number of hydrogen-bond acceptors (Lipinski definition) is 6. The molecule has 37 heavy (non-hydrogen) atoms. The molecule has 0 aliphatic carbocycles. The van der Waals surface area contributed by atoms with Crippen LogP contribution < -0.4 is 5.32 Å². The maximum atomic E-state index is 14.8. The van der Waals surface area contributed by atoms with Gasteiger partial charge in [-0.05, 0) is 68.7 Å². The van der Waals surface area contributed by atoms with E-state index in [1.54, 1.807) is 69.3 Å². The predicted molar refractivity (Wildman–Crippen MR) is 145 cm³/mol. The van der Waals surface area contributed by atoms with Crippen molar-refractivity contribution in [1.82, 2.24) is 19.7 Å². The van der Waals surface area contributed by atoms with Crippen LogP contribution >= 0.6 is 11.6 Å². The van der Waals surface area contributed by atoms with E-state index < -0.39 is 14.6 Å². The molecule has 2 aromatic heterocycles. The lowest BCUT2D eigenvalue weighted by Gasteiger charge is -2.20.